The number of aromatic nitrogens is 2. The Labute approximate surface area is 713 Å². The van der Waals surface area contributed by atoms with Crippen molar-refractivity contribution in [3.8, 4) is 5.75 Å². The summed E-state index contributed by atoms with van der Waals surface area (Å²) in [7, 11) is 3.81. The summed E-state index contributed by atoms with van der Waals surface area (Å²) < 4.78 is 0. The summed E-state index contributed by atoms with van der Waals surface area (Å²) in [5.74, 6) is -18.6. The smallest absolute Gasteiger partial charge is 0.248 e. The number of primary amides is 1. The Kier molecular flexibility index (Phi) is 36.2. The number of H-pyrrole nitrogens is 2. The Morgan fingerprint density at radius 1 is 0.520 bits per heavy atom. The molecule has 2 aromatic heterocycles. The maximum Gasteiger partial charge on any atom is 0.248 e. The number of hydrogen-bond donors (Lipinski definition) is 19. The third-order valence-electron chi connectivity index (χ3n) is 22.3. The number of carbonyl (C=O) groups excluding carboxylic acids is 16. The topological polar surface area (TPSA) is 597 Å². The van der Waals surface area contributed by atoms with Crippen molar-refractivity contribution in [2.75, 3.05) is 85.3 Å². The molecule has 0 unspecified atom stereocenters. The number of amides is 15. The van der Waals surface area contributed by atoms with E-state index < -0.39 is 255 Å². The van der Waals surface area contributed by atoms with Crippen molar-refractivity contribution < 1.29 is 112 Å². The minimum absolute atomic E-state index is 0.0208. The summed E-state index contributed by atoms with van der Waals surface area (Å²) in [4.78, 5) is 242. The lowest BCUT2D eigenvalue weighted by Gasteiger charge is -2.36. The molecule has 123 heavy (non-hydrogen) atoms. The first-order valence-corrected chi connectivity index (χ1v) is 42.0. The Morgan fingerprint density at radius 3 is 1.58 bits per heavy atom. The number of nitrogens with zero attached hydrogens (tertiary/aromatic N) is 5. The quantitative estimate of drug-likeness (QED) is 0.0347. The molecule has 15 amide bonds. The first-order chi connectivity index (χ1) is 58.7. The Morgan fingerprint density at radius 2 is 1.01 bits per heavy atom. The van der Waals surface area contributed by atoms with Crippen molar-refractivity contribution in [1.82, 2.24) is 82.3 Å². The number of unbranched alkanes of at least 4 members (excludes halogenated alkanes) is 2. The maximum absolute atomic E-state index is 15.5. The van der Waals surface area contributed by atoms with Crippen LogP contribution in [-0.4, -0.2) is 335 Å². The molecule has 670 valence electrons. The fourth-order valence-electron chi connectivity index (χ4n) is 15.1. The van der Waals surface area contributed by atoms with Crippen LogP contribution in [0.3, 0.4) is 0 Å². The zero-order valence-electron chi connectivity index (χ0n) is 69.4. The van der Waals surface area contributed by atoms with E-state index in [0.717, 1.165) is 36.3 Å². The van der Waals surface area contributed by atoms with E-state index in [-0.39, 0.29) is 57.2 Å². The van der Waals surface area contributed by atoms with Gasteiger partial charge in [-0.1, -0.05) is 88.1 Å². The van der Waals surface area contributed by atoms with Crippen LogP contribution in [0.4, 0.5) is 0 Å². The van der Waals surface area contributed by atoms with Crippen molar-refractivity contribution in [3.05, 3.63) is 102 Å². The molecule has 20 N–H and O–H groups in total. The SMILES string of the molecule is CCCC[C@H]1C(=O)N(C)[C@@H](CCCC)C(=O)N[C@@H](CO)C(=O)N[C@H](C(=O)NCC(N)=O)CSCC(=O)N[C@@H](Cc2ccc(O)cc2)C(=O)N(C)[C@@H](C)C(=O)N[C@@H](CO)C(=O)N2CCC[C@H]2C(=O)N[C@@H](CO)C(=O)N[C@@H](CO)C(=O)N2C[C@H](O)C[C@H]2C(=O)C[C@@H](Cc2c[nH]c3ccccc23)C(=O)N[C@@H](CO)C(=O)N[C@@H](Cc2c[nH]c3ccccc23)C(=O)N1C. The number of Topliss-reactive ketones (excluding diaryl/α,β-unsaturated/α-hetero) is 1. The number of para-hydroxylation sites is 2. The van der Waals surface area contributed by atoms with Gasteiger partial charge in [-0.15, -0.1) is 11.8 Å². The molecular weight excluding hydrogens is 1620 g/mol. The van der Waals surface area contributed by atoms with Gasteiger partial charge in [0.25, 0.3) is 0 Å². The number of rotatable bonds is 20. The van der Waals surface area contributed by atoms with Crippen LogP contribution >= 0.6 is 11.8 Å². The Hall–Kier alpha value is -11.6. The summed E-state index contributed by atoms with van der Waals surface area (Å²) in [5, 5.41) is 98.4. The summed E-state index contributed by atoms with van der Waals surface area (Å²) in [6.45, 7) is -2.08. The molecule has 0 radical (unpaired) electrons. The highest BCUT2D eigenvalue weighted by atomic mass is 32.2. The van der Waals surface area contributed by atoms with Gasteiger partial charge < -0.3 is 124 Å². The summed E-state index contributed by atoms with van der Waals surface area (Å²) in [5.41, 5.74) is 8.00. The minimum atomic E-state index is -1.92. The molecular formula is C82H113N17O23S. The molecule has 8 rings (SSSR count). The van der Waals surface area contributed by atoms with Crippen LogP contribution in [0, 0.1) is 5.92 Å². The van der Waals surface area contributed by atoms with Gasteiger partial charge in [-0.3, -0.25) is 76.7 Å². The van der Waals surface area contributed by atoms with Gasteiger partial charge in [-0.2, -0.15) is 0 Å². The van der Waals surface area contributed by atoms with Gasteiger partial charge in [0, 0.05) is 106 Å². The zero-order valence-corrected chi connectivity index (χ0v) is 70.2. The third kappa shape index (κ3) is 25.5. The van der Waals surface area contributed by atoms with Crippen molar-refractivity contribution in [1.29, 1.82) is 0 Å². The summed E-state index contributed by atoms with van der Waals surface area (Å²) in [6, 6.07) is -1.85. The van der Waals surface area contributed by atoms with E-state index in [0.29, 0.717) is 64.2 Å². The molecule has 0 saturated carbocycles. The van der Waals surface area contributed by atoms with E-state index in [9.17, 15) is 98.1 Å². The van der Waals surface area contributed by atoms with E-state index in [1.165, 1.54) is 52.3 Å². The molecule has 0 aliphatic carbocycles. The zero-order chi connectivity index (χ0) is 90.1. The highest BCUT2D eigenvalue weighted by molar-refractivity contribution is 8.00. The second-order valence-electron chi connectivity index (χ2n) is 31.0. The fraction of sp³-hybridized carbons (Fsp3) is 0.537. The van der Waals surface area contributed by atoms with Gasteiger partial charge in [-0.05, 0) is 80.0 Å². The number of hydrogen-bond acceptors (Lipinski definition) is 24. The van der Waals surface area contributed by atoms with E-state index in [2.05, 4.69) is 57.8 Å². The molecule has 41 heteroatoms. The highest BCUT2D eigenvalue weighted by Crippen LogP contribution is 2.29. The van der Waals surface area contributed by atoms with E-state index in [4.69, 9.17) is 5.73 Å². The van der Waals surface area contributed by atoms with Crippen LogP contribution in [0.2, 0.25) is 0 Å². The van der Waals surface area contributed by atoms with Gasteiger partial charge in [0.1, 0.15) is 78.3 Å². The number of likely N-dealkylation sites (N-methyl/N-ethyl adjacent to an activating group) is 3. The monoisotopic (exact) mass is 1740 g/mol. The second kappa shape index (κ2) is 46.0. The molecule has 3 aromatic carbocycles. The van der Waals surface area contributed by atoms with E-state index >= 15 is 14.4 Å². The minimum Gasteiger partial charge on any atom is -0.508 e. The lowest BCUT2D eigenvalue weighted by Crippen LogP contribution is -2.61. The predicted octanol–water partition coefficient (Wildman–Crippen LogP) is -5.02. The average Bonchev–Trinajstić information content (AvgIpc) is 1.65. The van der Waals surface area contributed by atoms with Crippen LogP contribution in [0.5, 0.6) is 5.75 Å². The van der Waals surface area contributed by atoms with Crippen LogP contribution in [0.1, 0.15) is 102 Å². The van der Waals surface area contributed by atoms with E-state index in [1.54, 1.807) is 67.8 Å². The molecule has 3 fully saturated rings. The van der Waals surface area contributed by atoms with Crippen molar-refractivity contribution in [2.24, 2.45) is 11.7 Å². The molecule has 40 nitrogen and oxygen atoms in total. The van der Waals surface area contributed by atoms with Gasteiger partial charge in [0.2, 0.25) is 88.6 Å². The molecule has 3 aliphatic rings. The van der Waals surface area contributed by atoms with Crippen LogP contribution in [-0.2, 0) is 96.0 Å². The number of ketones is 1. The van der Waals surface area contributed by atoms with Gasteiger partial charge in [0.05, 0.1) is 57.5 Å². The number of fused-ring (bicyclic) bond motifs is 4. The maximum atomic E-state index is 15.5. The first-order valence-electron chi connectivity index (χ1n) is 40.8. The van der Waals surface area contributed by atoms with Crippen LogP contribution in [0.25, 0.3) is 21.8 Å². The molecule has 5 heterocycles. The standard InChI is InChI=1S/C82H113N17O23S/c1-7-9-20-63-76(116)90-59(39-102)75(115)94-62(72(112)86-35-68(83)108)42-123-43-69(109)87-55(28-45-23-25-49(105)26-24-45)78(118)95(4)44(3)70(110)92-60(40-103)80(120)98-27-15-22-64(98)77(117)91-58(38-101)74(114)93-61(41-104)81(121)99-36-50(106)32-66(99)67(107)31-46(29-47-33-84-53-18-13-11-16-51(47)53)71(111)89-57(37-100)73(113)88-56(30-48-34-85-54-19-14-12-17-52(48)54)79(119)97(6)65(21-10-8-2)82(122)96(63)5/h11-14,16-19,23-26,33-34,44,46,50,55-66,84-85,100-106H,7-10,15,20-22,27-32,35-43H2,1-6H3,(H2,83,108)(H,86,112)(H,87,109)(H,88,113)(H,89,111)(H,90,116)(H,91,117)(H,92,110)(H,93,114)(H,94,115)/t44-,46+,50+,55-,56-,57-,58-,59-,60-,61-,62-,63-,64-,65-,66-/m0/s1. The number of aromatic hydroxyl groups is 1. The third-order valence-corrected chi connectivity index (χ3v) is 23.3. The molecule has 3 saturated heterocycles. The van der Waals surface area contributed by atoms with Gasteiger partial charge >= 0.3 is 0 Å². The average molecular weight is 1740 g/mol. The Bertz CT molecular complexity index is 4610. The van der Waals surface area contributed by atoms with Crippen LogP contribution in [0.15, 0.2) is 85.2 Å². The first kappa shape index (κ1) is 96.8. The Balaban J connectivity index is 1.14. The second-order valence-corrected chi connectivity index (χ2v) is 32.0. The number of phenols is 1. The number of nitrogens with two attached hydrogens (primary N) is 1. The summed E-state index contributed by atoms with van der Waals surface area (Å²) in [6.07, 6.45) is 1.51. The number of thioether (sulfide) groups is 1. The fourth-order valence-corrected chi connectivity index (χ4v) is 16.0. The van der Waals surface area contributed by atoms with Crippen LogP contribution < -0.4 is 53.6 Å². The number of carbonyl (C=O) groups is 16. The largest absolute Gasteiger partial charge is 0.508 e. The molecule has 0 bridgehead atoms. The predicted molar refractivity (Wildman–Crippen MR) is 445 cm³/mol. The number of aliphatic hydroxyl groups excluding tert-OH is 6. The normalized spacial score (nSPS) is 26.1. The number of nitrogens with one attached hydrogen (secondary N) is 11. The lowest BCUT2D eigenvalue weighted by molar-refractivity contribution is -0.149. The van der Waals surface area contributed by atoms with Crippen molar-refractivity contribution in [3.63, 3.8) is 0 Å². The van der Waals surface area contributed by atoms with Crippen molar-refractivity contribution >= 4 is 128 Å². The number of aliphatic hydroxyl groups is 6. The van der Waals surface area contributed by atoms with E-state index in [1.807, 2.05) is 6.92 Å². The molecule has 3 aliphatic heterocycles. The molecule has 0 spiro atoms. The number of aromatic amines is 2. The summed E-state index contributed by atoms with van der Waals surface area (Å²) >= 11 is 0.726. The molecule has 5 aromatic rings. The highest BCUT2D eigenvalue weighted by Gasteiger charge is 2.46. The molecule has 15 atom stereocenters. The number of benzene rings is 3. The van der Waals surface area contributed by atoms with Gasteiger partial charge in [-0.25, -0.2) is 0 Å². The van der Waals surface area contributed by atoms with Crippen molar-refractivity contribution in [2.45, 2.75) is 189 Å². The number of phenolic OH excluding ortho intramolecular Hbond substituents is 1. The lowest BCUT2D eigenvalue weighted by atomic mass is 9.90. The van der Waals surface area contributed by atoms with Gasteiger partial charge in [0.15, 0.2) is 5.78 Å².